The van der Waals surface area contributed by atoms with Gasteiger partial charge in [0, 0.05) is 42.6 Å². The van der Waals surface area contributed by atoms with E-state index in [4.69, 9.17) is 11.6 Å². The lowest BCUT2D eigenvalue weighted by atomic mass is 10.2. The van der Waals surface area contributed by atoms with Crippen LogP contribution in [0.15, 0.2) is 24.3 Å². The number of piperazine rings is 1. The third kappa shape index (κ3) is 4.14. The average Bonchev–Trinajstić information content (AvgIpc) is 2.64. The van der Waals surface area contributed by atoms with E-state index < -0.39 is 0 Å². The van der Waals surface area contributed by atoms with Crippen LogP contribution in [0.5, 0.6) is 0 Å². The number of aromatic nitrogens is 2. The Kier molecular flexibility index (Phi) is 5.74. The van der Waals surface area contributed by atoms with Crippen molar-refractivity contribution in [3.63, 3.8) is 0 Å². The number of likely N-dealkylation sites (N-methyl/N-ethyl adjacent to an activating group) is 1. The molecule has 0 unspecified atom stereocenters. The summed E-state index contributed by atoms with van der Waals surface area (Å²) < 4.78 is 0. The Morgan fingerprint density at radius 3 is 2.62 bits per heavy atom. The normalized spacial score (nSPS) is 15.2. The molecular weight excluding hydrogens is 350 g/mol. The minimum absolute atomic E-state index is 0.0443. The molecule has 3 rings (SSSR count). The molecule has 1 aromatic heterocycles. The second-order valence-electron chi connectivity index (χ2n) is 6.48. The predicted octanol–water partition coefficient (Wildman–Crippen LogP) is 3.27. The number of carbonyl (C=O) groups is 1. The summed E-state index contributed by atoms with van der Waals surface area (Å²) in [6.45, 7) is 10.2. The highest BCUT2D eigenvalue weighted by Crippen LogP contribution is 2.25. The molecule has 0 spiro atoms. The van der Waals surface area contributed by atoms with Gasteiger partial charge in [-0.05, 0) is 44.2 Å². The Balaban J connectivity index is 1.79. The minimum atomic E-state index is -0.0443. The lowest BCUT2D eigenvalue weighted by molar-refractivity contribution is 0.0637. The van der Waals surface area contributed by atoms with E-state index in [1.165, 1.54) is 0 Å². The van der Waals surface area contributed by atoms with Crippen molar-refractivity contribution in [1.29, 1.82) is 0 Å². The molecule has 138 valence electrons. The molecule has 0 radical (unpaired) electrons. The van der Waals surface area contributed by atoms with Crippen molar-refractivity contribution in [2.24, 2.45) is 0 Å². The van der Waals surface area contributed by atoms with Crippen molar-refractivity contribution in [2.75, 3.05) is 38.0 Å². The lowest BCUT2D eigenvalue weighted by Gasteiger charge is -2.33. The van der Waals surface area contributed by atoms with E-state index in [-0.39, 0.29) is 5.91 Å². The van der Waals surface area contributed by atoms with Gasteiger partial charge in [0.15, 0.2) is 0 Å². The molecule has 6 nitrogen and oxygen atoms in total. The lowest BCUT2D eigenvalue weighted by Crippen LogP contribution is -2.48. The van der Waals surface area contributed by atoms with Crippen molar-refractivity contribution in [3.05, 3.63) is 46.2 Å². The highest BCUT2D eigenvalue weighted by atomic mass is 35.5. The number of amides is 1. The molecule has 0 aliphatic carbocycles. The van der Waals surface area contributed by atoms with Crippen LogP contribution >= 0.6 is 11.6 Å². The molecule has 26 heavy (non-hydrogen) atoms. The summed E-state index contributed by atoms with van der Waals surface area (Å²) in [7, 11) is 0. The number of nitrogens with one attached hydrogen (secondary N) is 1. The fraction of sp³-hybridized carbons (Fsp3) is 0.421. The third-order valence-corrected chi connectivity index (χ3v) is 5.10. The van der Waals surface area contributed by atoms with Crippen molar-refractivity contribution in [2.45, 2.75) is 20.8 Å². The van der Waals surface area contributed by atoms with Crippen LogP contribution in [0.25, 0.3) is 0 Å². The Morgan fingerprint density at radius 2 is 1.92 bits per heavy atom. The maximum Gasteiger partial charge on any atom is 0.272 e. The Hall–Kier alpha value is -2.18. The quantitative estimate of drug-likeness (QED) is 0.891. The fourth-order valence-corrected chi connectivity index (χ4v) is 3.20. The molecule has 0 bridgehead atoms. The van der Waals surface area contributed by atoms with E-state index in [1.54, 1.807) is 6.07 Å². The Morgan fingerprint density at radius 1 is 1.19 bits per heavy atom. The molecule has 1 aliphatic heterocycles. The van der Waals surface area contributed by atoms with Crippen LogP contribution in [0.4, 0.5) is 11.6 Å². The number of rotatable bonds is 4. The first kappa shape index (κ1) is 18.6. The molecule has 2 heterocycles. The summed E-state index contributed by atoms with van der Waals surface area (Å²) in [6, 6.07) is 7.36. The first-order valence-electron chi connectivity index (χ1n) is 8.87. The van der Waals surface area contributed by atoms with Gasteiger partial charge in [-0.25, -0.2) is 9.97 Å². The summed E-state index contributed by atoms with van der Waals surface area (Å²) in [5, 5.41) is 3.86. The highest BCUT2D eigenvalue weighted by Gasteiger charge is 2.23. The standard InChI is InChI=1S/C19H24ClN5O/c1-4-24-8-10-25(11-9-24)18(26)17-12-13(2)21-19(23-17)22-16-7-5-6-15(20)14(16)3/h5-7,12H,4,8-11H2,1-3H3,(H,21,22,23). The zero-order chi connectivity index (χ0) is 18.7. The number of anilines is 2. The first-order valence-corrected chi connectivity index (χ1v) is 9.25. The van der Waals surface area contributed by atoms with Gasteiger partial charge in [-0.15, -0.1) is 0 Å². The summed E-state index contributed by atoms with van der Waals surface area (Å²) in [6.07, 6.45) is 0. The fourth-order valence-electron chi connectivity index (χ4n) is 3.03. The number of benzene rings is 1. The molecule has 0 saturated carbocycles. The van der Waals surface area contributed by atoms with Crippen LogP contribution in [0.3, 0.4) is 0 Å². The van der Waals surface area contributed by atoms with Gasteiger partial charge in [-0.3, -0.25) is 4.79 Å². The number of hydrogen-bond donors (Lipinski definition) is 1. The van der Waals surface area contributed by atoms with Crippen LogP contribution in [-0.2, 0) is 0 Å². The number of carbonyl (C=O) groups excluding carboxylic acids is 1. The van der Waals surface area contributed by atoms with Gasteiger partial charge in [0.25, 0.3) is 5.91 Å². The zero-order valence-corrected chi connectivity index (χ0v) is 16.2. The smallest absolute Gasteiger partial charge is 0.272 e. The van der Waals surface area contributed by atoms with Crippen LogP contribution in [0, 0.1) is 13.8 Å². The molecule has 2 aromatic rings. The van der Waals surface area contributed by atoms with Gasteiger partial charge >= 0.3 is 0 Å². The summed E-state index contributed by atoms with van der Waals surface area (Å²) >= 11 is 6.17. The summed E-state index contributed by atoms with van der Waals surface area (Å²) in [4.78, 5) is 25.9. The summed E-state index contributed by atoms with van der Waals surface area (Å²) in [5.74, 6) is 0.364. The third-order valence-electron chi connectivity index (χ3n) is 4.69. The summed E-state index contributed by atoms with van der Waals surface area (Å²) in [5.41, 5.74) is 2.92. The average molecular weight is 374 g/mol. The largest absolute Gasteiger partial charge is 0.335 e. The van der Waals surface area contributed by atoms with Gasteiger partial charge in [-0.2, -0.15) is 0 Å². The molecule has 1 aromatic carbocycles. The maximum atomic E-state index is 12.8. The number of hydrogen-bond acceptors (Lipinski definition) is 5. The SMILES string of the molecule is CCN1CCN(C(=O)c2cc(C)nc(Nc3cccc(Cl)c3C)n2)CC1. The van der Waals surface area contributed by atoms with Crippen LogP contribution in [-0.4, -0.2) is 58.4 Å². The molecular formula is C19H24ClN5O. The highest BCUT2D eigenvalue weighted by molar-refractivity contribution is 6.31. The number of nitrogens with zero attached hydrogens (tertiary/aromatic N) is 4. The minimum Gasteiger partial charge on any atom is -0.335 e. The van der Waals surface area contributed by atoms with E-state index in [2.05, 4.69) is 27.1 Å². The van der Waals surface area contributed by atoms with Crippen LogP contribution in [0.2, 0.25) is 5.02 Å². The molecule has 7 heteroatoms. The van der Waals surface area contributed by atoms with Gasteiger partial charge in [0.05, 0.1) is 0 Å². The number of halogens is 1. The second-order valence-corrected chi connectivity index (χ2v) is 6.89. The van der Waals surface area contributed by atoms with Crippen molar-refractivity contribution >= 4 is 29.1 Å². The Labute approximate surface area is 159 Å². The monoisotopic (exact) mass is 373 g/mol. The predicted molar refractivity (Wildman–Crippen MR) is 104 cm³/mol. The second kappa shape index (κ2) is 8.01. The van der Waals surface area contributed by atoms with Crippen LogP contribution in [0.1, 0.15) is 28.7 Å². The topological polar surface area (TPSA) is 61.4 Å². The van der Waals surface area contributed by atoms with Crippen molar-refractivity contribution in [3.8, 4) is 0 Å². The van der Waals surface area contributed by atoms with Crippen LogP contribution < -0.4 is 5.32 Å². The van der Waals surface area contributed by atoms with Gasteiger partial charge in [0.2, 0.25) is 5.95 Å². The first-order chi connectivity index (χ1) is 12.5. The maximum absolute atomic E-state index is 12.8. The van der Waals surface area contributed by atoms with E-state index in [1.807, 2.05) is 36.9 Å². The van der Waals surface area contributed by atoms with E-state index in [0.29, 0.717) is 16.7 Å². The Bertz CT molecular complexity index is 803. The van der Waals surface area contributed by atoms with Crippen molar-refractivity contribution < 1.29 is 4.79 Å². The van der Waals surface area contributed by atoms with E-state index >= 15 is 0 Å². The van der Waals surface area contributed by atoms with Gasteiger partial charge in [-0.1, -0.05) is 24.6 Å². The number of aryl methyl sites for hydroxylation is 1. The zero-order valence-electron chi connectivity index (χ0n) is 15.4. The molecule has 0 atom stereocenters. The molecule has 1 saturated heterocycles. The van der Waals surface area contributed by atoms with E-state index in [0.717, 1.165) is 49.7 Å². The van der Waals surface area contributed by atoms with Crippen molar-refractivity contribution in [1.82, 2.24) is 19.8 Å². The van der Waals surface area contributed by atoms with E-state index in [9.17, 15) is 4.79 Å². The van der Waals surface area contributed by atoms with Gasteiger partial charge < -0.3 is 15.1 Å². The molecule has 1 amide bonds. The van der Waals surface area contributed by atoms with Gasteiger partial charge in [0.1, 0.15) is 5.69 Å². The molecule has 1 aliphatic rings. The molecule has 1 fully saturated rings. The molecule has 1 N–H and O–H groups in total.